The molecule has 1 aliphatic heterocycles. The largest absolute Gasteiger partial charge is 0.327 e. The summed E-state index contributed by atoms with van der Waals surface area (Å²) in [5, 5.41) is 11.2. The van der Waals surface area contributed by atoms with E-state index in [-0.39, 0.29) is 18.4 Å². The summed E-state index contributed by atoms with van der Waals surface area (Å²) in [5.41, 5.74) is 4.13. The number of carbonyl (C=O) groups excluding carboxylic acids is 2. The van der Waals surface area contributed by atoms with Crippen molar-refractivity contribution in [2.24, 2.45) is 0 Å². The highest BCUT2D eigenvalue weighted by Gasteiger charge is 2.29. The van der Waals surface area contributed by atoms with E-state index in [0.717, 1.165) is 16.8 Å². The quantitative estimate of drug-likeness (QED) is 0.694. The number of aryl methyl sites for hydroxylation is 2. The number of anilines is 1. The summed E-state index contributed by atoms with van der Waals surface area (Å²) in [6.07, 6.45) is 1.58. The Morgan fingerprint density at radius 2 is 1.85 bits per heavy atom. The Labute approximate surface area is 150 Å². The van der Waals surface area contributed by atoms with Crippen molar-refractivity contribution in [3.8, 4) is 0 Å². The summed E-state index contributed by atoms with van der Waals surface area (Å²) in [6, 6.07) is 9.42. The number of pyridine rings is 1. The van der Waals surface area contributed by atoms with Crippen LogP contribution in [0, 0.1) is 13.8 Å². The van der Waals surface area contributed by atoms with E-state index >= 15 is 0 Å². The molecule has 0 spiro atoms. The van der Waals surface area contributed by atoms with Crippen molar-refractivity contribution in [3.63, 3.8) is 0 Å². The molecular weight excluding hydrogens is 332 g/mol. The van der Waals surface area contributed by atoms with Gasteiger partial charge in [-0.25, -0.2) is 0 Å². The van der Waals surface area contributed by atoms with Crippen molar-refractivity contribution in [2.75, 3.05) is 24.5 Å². The summed E-state index contributed by atoms with van der Waals surface area (Å²) in [7, 11) is 0. The first-order valence-corrected chi connectivity index (χ1v) is 8.37. The molecule has 1 saturated heterocycles. The molecule has 0 unspecified atom stereocenters. The first kappa shape index (κ1) is 16.2. The Morgan fingerprint density at radius 3 is 2.58 bits per heavy atom. The Bertz CT molecular complexity index is 992. The van der Waals surface area contributed by atoms with Crippen LogP contribution in [0.2, 0.25) is 0 Å². The van der Waals surface area contributed by atoms with E-state index in [1.807, 2.05) is 26.0 Å². The fraction of sp³-hybridized carbons (Fsp3) is 0.278. The lowest BCUT2D eigenvalue weighted by atomic mass is 10.1. The van der Waals surface area contributed by atoms with Gasteiger partial charge in [0.15, 0.2) is 5.65 Å². The van der Waals surface area contributed by atoms with Crippen molar-refractivity contribution >= 4 is 23.1 Å². The van der Waals surface area contributed by atoms with Gasteiger partial charge in [0, 0.05) is 25.0 Å². The molecule has 26 heavy (non-hydrogen) atoms. The summed E-state index contributed by atoms with van der Waals surface area (Å²) in [4.78, 5) is 28.7. The fourth-order valence-electron chi connectivity index (χ4n) is 3.28. The average molecular weight is 350 g/mol. The third-order valence-corrected chi connectivity index (χ3v) is 4.46. The van der Waals surface area contributed by atoms with Gasteiger partial charge in [0.25, 0.3) is 5.91 Å². The molecule has 8 nitrogen and oxygen atoms in total. The van der Waals surface area contributed by atoms with Gasteiger partial charge in [-0.2, -0.15) is 4.52 Å². The lowest BCUT2D eigenvalue weighted by Gasteiger charge is -2.34. The zero-order valence-corrected chi connectivity index (χ0v) is 14.6. The molecule has 3 aromatic rings. The van der Waals surface area contributed by atoms with Gasteiger partial charge in [0.1, 0.15) is 6.54 Å². The zero-order chi connectivity index (χ0) is 18.3. The van der Waals surface area contributed by atoms with Crippen molar-refractivity contribution in [3.05, 3.63) is 53.2 Å². The van der Waals surface area contributed by atoms with Gasteiger partial charge in [-0.3, -0.25) is 9.59 Å². The molecule has 0 N–H and O–H groups in total. The average Bonchev–Trinajstić information content (AvgIpc) is 3.07. The molecule has 1 aliphatic rings. The second-order valence-corrected chi connectivity index (χ2v) is 6.52. The van der Waals surface area contributed by atoms with Crippen LogP contribution in [-0.2, 0) is 4.79 Å². The number of amides is 2. The van der Waals surface area contributed by atoms with Crippen LogP contribution >= 0.6 is 0 Å². The molecule has 8 heteroatoms. The second kappa shape index (κ2) is 6.21. The maximum atomic E-state index is 12.7. The Hall–Kier alpha value is -3.29. The molecule has 1 fully saturated rings. The number of rotatable bonds is 2. The topological polar surface area (TPSA) is 83.7 Å². The molecule has 2 amide bonds. The van der Waals surface area contributed by atoms with E-state index in [2.05, 4.69) is 21.6 Å². The van der Waals surface area contributed by atoms with Crippen molar-refractivity contribution < 1.29 is 9.59 Å². The van der Waals surface area contributed by atoms with Crippen LogP contribution in [0.1, 0.15) is 21.5 Å². The van der Waals surface area contributed by atoms with Crippen molar-refractivity contribution in [2.45, 2.75) is 13.8 Å². The number of piperazine rings is 1. The second-order valence-electron chi connectivity index (χ2n) is 6.52. The number of hydrogen-bond donors (Lipinski definition) is 0. The lowest BCUT2D eigenvalue weighted by molar-refractivity contribution is -0.120. The van der Waals surface area contributed by atoms with Gasteiger partial charge in [-0.15, -0.1) is 5.10 Å². The molecule has 0 aliphatic carbocycles. The van der Waals surface area contributed by atoms with E-state index in [9.17, 15) is 9.59 Å². The molecule has 0 bridgehead atoms. The molecule has 2 aromatic heterocycles. The summed E-state index contributed by atoms with van der Waals surface area (Å²) < 4.78 is 1.45. The number of fused-ring (bicyclic) bond motifs is 1. The van der Waals surface area contributed by atoms with E-state index in [1.165, 1.54) is 4.52 Å². The van der Waals surface area contributed by atoms with Crippen LogP contribution in [-0.4, -0.2) is 56.4 Å². The van der Waals surface area contributed by atoms with Crippen LogP contribution in [0.25, 0.3) is 5.65 Å². The highest BCUT2D eigenvalue weighted by Crippen LogP contribution is 2.21. The smallest absolute Gasteiger partial charge is 0.255 e. The van der Waals surface area contributed by atoms with Gasteiger partial charge in [0.2, 0.25) is 5.91 Å². The molecule has 3 heterocycles. The van der Waals surface area contributed by atoms with Gasteiger partial charge in [-0.1, -0.05) is 6.07 Å². The number of tetrazole rings is 1. The molecular formula is C18H18N6O2. The maximum Gasteiger partial charge on any atom is 0.255 e. The predicted octanol–water partition coefficient (Wildman–Crippen LogP) is 1.23. The van der Waals surface area contributed by atoms with E-state index in [0.29, 0.717) is 24.3 Å². The first-order valence-electron chi connectivity index (χ1n) is 8.37. The third kappa shape index (κ3) is 2.90. The summed E-state index contributed by atoms with van der Waals surface area (Å²) >= 11 is 0. The Balaban J connectivity index is 1.52. The SMILES string of the molecule is Cc1cc(C)cc(N2CCN(C(=O)c3ccc4nnnn4c3)CC2=O)c1. The Morgan fingerprint density at radius 1 is 1.08 bits per heavy atom. The number of nitrogens with zero attached hydrogens (tertiary/aromatic N) is 6. The van der Waals surface area contributed by atoms with Crippen LogP contribution < -0.4 is 4.90 Å². The molecule has 4 rings (SSSR count). The van der Waals surface area contributed by atoms with E-state index < -0.39 is 0 Å². The van der Waals surface area contributed by atoms with E-state index in [1.54, 1.807) is 28.1 Å². The molecule has 1 aromatic carbocycles. The van der Waals surface area contributed by atoms with Gasteiger partial charge < -0.3 is 9.80 Å². The minimum atomic E-state index is -0.198. The normalized spacial score (nSPS) is 14.9. The Kier molecular flexibility index (Phi) is 3.87. The summed E-state index contributed by atoms with van der Waals surface area (Å²) in [5.74, 6) is -0.283. The monoisotopic (exact) mass is 350 g/mol. The van der Waals surface area contributed by atoms with E-state index in [4.69, 9.17) is 0 Å². The van der Waals surface area contributed by atoms with Crippen molar-refractivity contribution in [1.29, 1.82) is 0 Å². The highest BCUT2D eigenvalue weighted by molar-refractivity contribution is 6.01. The van der Waals surface area contributed by atoms with Crippen LogP contribution in [0.3, 0.4) is 0 Å². The van der Waals surface area contributed by atoms with Crippen LogP contribution in [0.5, 0.6) is 0 Å². The minimum absolute atomic E-state index is 0.0550. The minimum Gasteiger partial charge on any atom is -0.327 e. The zero-order valence-electron chi connectivity index (χ0n) is 14.6. The molecule has 0 saturated carbocycles. The lowest BCUT2D eigenvalue weighted by Crippen LogP contribution is -2.52. The maximum absolute atomic E-state index is 12.7. The number of aromatic nitrogens is 4. The molecule has 0 atom stereocenters. The fourth-order valence-corrected chi connectivity index (χ4v) is 3.28. The highest BCUT2D eigenvalue weighted by atomic mass is 16.2. The van der Waals surface area contributed by atoms with Crippen molar-refractivity contribution in [1.82, 2.24) is 24.9 Å². The standard InChI is InChI=1S/C18H18N6O2/c1-12-7-13(2)9-15(8-12)23-6-5-22(11-17(23)25)18(26)14-3-4-16-19-20-21-24(16)10-14/h3-4,7-10H,5-6,11H2,1-2H3. The number of hydrogen-bond acceptors (Lipinski definition) is 5. The molecule has 132 valence electrons. The molecule has 0 radical (unpaired) electrons. The van der Waals surface area contributed by atoms with Crippen LogP contribution in [0.15, 0.2) is 36.5 Å². The third-order valence-electron chi connectivity index (χ3n) is 4.46. The van der Waals surface area contributed by atoms with Crippen LogP contribution in [0.4, 0.5) is 5.69 Å². The van der Waals surface area contributed by atoms with Gasteiger partial charge in [-0.05, 0) is 59.7 Å². The first-order chi connectivity index (χ1) is 12.5. The van der Waals surface area contributed by atoms with Gasteiger partial charge >= 0.3 is 0 Å². The number of carbonyl (C=O) groups is 2. The predicted molar refractivity (Wildman–Crippen MR) is 95.0 cm³/mol. The van der Waals surface area contributed by atoms with Gasteiger partial charge in [0.05, 0.1) is 5.56 Å². The number of benzene rings is 1. The summed E-state index contributed by atoms with van der Waals surface area (Å²) in [6.45, 7) is 5.02.